The lowest BCUT2D eigenvalue weighted by Crippen LogP contribution is -2.08. The number of hydrogen-bond donors (Lipinski definition) is 0. The van der Waals surface area contributed by atoms with E-state index in [-0.39, 0.29) is 0 Å². The molecule has 28 heavy (non-hydrogen) atoms. The fourth-order valence-corrected chi connectivity index (χ4v) is 2.37. The van der Waals surface area contributed by atoms with Crippen molar-refractivity contribution < 1.29 is 18.9 Å². The van der Waals surface area contributed by atoms with E-state index in [2.05, 4.69) is 58.9 Å². The zero-order chi connectivity index (χ0) is 20.6. The van der Waals surface area contributed by atoms with Crippen molar-refractivity contribution in [2.75, 3.05) is 39.6 Å². The minimum absolute atomic E-state index is 0.523. The first-order chi connectivity index (χ1) is 13.5. The van der Waals surface area contributed by atoms with Gasteiger partial charge in [-0.15, -0.1) is 0 Å². The van der Waals surface area contributed by atoms with Crippen LogP contribution in [0.5, 0.6) is 0 Å². The van der Waals surface area contributed by atoms with Crippen LogP contribution < -0.4 is 0 Å². The van der Waals surface area contributed by atoms with Crippen LogP contribution >= 0.6 is 0 Å². The maximum Gasteiger partial charge on any atom is 0.111 e. The normalized spacial score (nSPS) is 12.5. The Morgan fingerprint density at radius 2 is 1.43 bits per heavy atom. The molecule has 0 N–H and O–H groups in total. The highest BCUT2D eigenvalue weighted by molar-refractivity contribution is 5.70. The molecule has 0 saturated heterocycles. The SMILES string of the molecule is CCCCOCCOCCOC=C(C)c1cccc(C(C)=COCC(C)C)c1. The van der Waals surface area contributed by atoms with Crippen LogP contribution in [0, 0.1) is 5.92 Å². The van der Waals surface area contributed by atoms with Crippen LogP contribution in [0.4, 0.5) is 0 Å². The van der Waals surface area contributed by atoms with E-state index in [9.17, 15) is 0 Å². The van der Waals surface area contributed by atoms with Crippen molar-refractivity contribution >= 4 is 11.1 Å². The molecule has 0 amide bonds. The summed E-state index contributed by atoms with van der Waals surface area (Å²) in [5.41, 5.74) is 4.49. The largest absolute Gasteiger partial charge is 0.501 e. The Kier molecular flexibility index (Phi) is 13.2. The molecule has 0 unspecified atom stereocenters. The van der Waals surface area contributed by atoms with Crippen LogP contribution in [-0.4, -0.2) is 39.6 Å². The van der Waals surface area contributed by atoms with Gasteiger partial charge < -0.3 is 18.9 Å². The van der Waals surface area contributed by atoms with Gasteiger partial charge in [-0.05, 0) is 54.5 Å². The first kappa shape index (κ1) is 24.3. The van der Waals surface area contributed by atoms with Crippen LogP contribution in [0.25, 0.3) is 11.1 Å². The predicted molar refractivity (Wildman–Crippen MR) is 117 cm³/mol. The molecule has 1 aromatic carbocycles. The third-order valence-corrected chi connectivity index (χ3v) is 4.08. The molecule has 0 aliphatic rings. The zero-order valence-electron chi connectivity index (χ0n) is 18.3. The lowest BCUT2D eigenvalue weighted by atomic mass is 10.0. The summed E-state index contributed by atoms with van der Waals surface area (Å²) in [6.45, 7) is 14.5. The fraction of sp³-hybridized carbons (Fsp3) is 0.583. The van der Waals surface area contributed by atoms with Gasteiger partial charge in [0.25, 0.3) is 0 Å². The third kappa shape index (κ3) is 11.2. The topological polar surface area (TPSA) is 36.9 Å². The minimum atomic E-state index is 0.523. The van der Waals surface area contributed by atoms with Gasteiger partial charge in [-0.2, -0.15) is 0 Å². The predicted octanol–water partition coefficient (Wildman–Crippen LogP) is 5.93. The summed E-state index contributed by atoms with van der Waals surface area (Å²) in [4.78, 5) is 0. The molecular weight excluding hydrogens is 352 g/mol. The number of unbranched alkanes of at least 4 members (excludes halogenated alkanes) is 1. The standard InChI is InChI=1S/C24H38O4/c1-6-7-11-25-12-13-26-14-15-27-18-21(4)23-9-8-10-24(16-23)22(5)19-28-17-20(2)3/h8-10,16,18-20H,6-7,11-15,17H2,1-5H3. The van der Waals surface area contributed by atoms with Crippen molar-refractivity contribution in [3.63, 3.8) is 0 Å². The quantitative estimate of drug-likeness (QED) is 0.275. The Hall–Kier alpha value is -1.78. The van der Waals surface area contributed by atoms with Crippen molar-refractivity contribution in [3.8, 4) is 0 Å². The Labute approximate surface area is 171 Å². The molecule has 1 aromatic rings. The number of rotatable bonds is 15. The van der Waals surface area contributed by atoms with Gasteiger partial charge in [0.05, 0.1) is 39.0 Å². The van der Waals surface area contributed by atoms with Gasteiger partial charge in [0.2, 0.25) is 0 Å². The molecule has 158 valence electrons. The second-order valence-corrected chi connectivity index (χ2v) is 7.36. The summed E-state index contributed by atoms with van der Waals surface area (Å²) in [7, 11) is 0. The molecule has 0 atom stereocenters. The molecule has 0 heterocycles. The fourth-order valence-electron chi connectivity index (χ4n) is 2.37. The Morgan fingerprint density at radius 1 is 0.857 bits per heavy atom. The first-order valence-electron chi connectivity index (χ1n) is 10.4. The molecule has 4 nitrogen and oxygen atoms in total. The molecule has 0 aromatic heterocycles. The summed E-state index contributed by atoms with van der Waals surface area (Å²) in [5, 5.41) is 0. The number of benzene rings is 1. The first-order valence-corrected chi connectivity index (χ1v) is 10.4. The zero-order valence-corrected chi connectivity index (χ0v) is 18.3. The molecule has 0 saturated carbocycles. The van der Waals surface area contributed by atoms with E-state index in [1.807, 2.05) is 6.26 Å². The van der Waals surface area contributed by atoms with Gasteiger partial charge in [0.15, 0.2) is 0 Å². The summed E-state index contributed by atoms with van der Waals surface area (Å²) >= 11 is 0. The van der Waals surface area contributed by atoms with Gasteiger partial charge in [0.1, 0.15) is 6.61 Å². The van der Waals surface area contributed by atoms with E-state index < -0.39 is 0 Å². The summed E-state index contributed by atoms with van der Waals surface area (Å²) in [6, 6.07) is 8.40. The number of allylic oxidation sites excluding steroid dienone is 2. The highest BCUT2D eigenvalue weighted by atomic mass is 16.5. The van der Waals surface area contributed by atoms with E-state index in [1.54, 1.807) is 6.26 Å². The van der Waals surface area contributed by atoms with Gasteiger partial charge in [-0.1, -0.05) is 45.4 Å². The van der Waals surface area contributed by atoms with E-state index in [0.717, 1.165) is 48.3 Å². The summed E-state index contributed by atoms with van der Waals surface area (Å²) < 4.78 is 22.2. The van der Waals surface area contributed by atoms with Crippen molar-refractivity contribution in [2.24, 2.45) is 5.92 Å². The molecule has 0 aliphatic carbocycles. The lowest BCUT2D eigenvalue weighted by molar-refractivity contribution is 0.0300. The van der Waals surface area contributed by atoms with Gasteiger partial charge in [-0.3, -0.25) is 0 Å². The van der Waals surface area contributed by atoms with Crippen LogP contribution in [0.15, 0.2) is 36.8 Å². The molecule has 0 aliphatic heterocycles. The second kappa shape index (κ2) is 15.2. The third-order valence-electron chi connectivity index (χ3n) is 4.08. The Balaban J connectivity index is 2.36. The van der Waals surface area contributed by atoms with Crippen LogP contribution in [0.1, 0.15) is 58.6 Å². The average Bonchev–Trinajstić information content (AvgIpc) is 2.69. The lowest BCUT2D eigenvalue weighted by Gasteiger charge is -2.09. The minimum Gasteiger partial charge on any atom is -0.501 e. The molecular formula is C24H38O4. The summed E-state index contributed by atoms with van der Waals surface area (Å²) in [6.07, 6.45) is 5.91. The number of hydrogen-bond acceptors (Lipinski definition) is 4. The smallest absolute Gasteiger partial charge is 0.111 e. The molecule has 0 bridgehead atoms. The maximum atomic E-state index is 5.63. The average molecular weight is 391 g/mol. The molecule has 1 rings (SSSR count). The molecule has 0 radical (unpaired) electrons. The van der Waals surface area contributed by atoms with E-state index in [4.69, 9.17) is 18.9 Å². The van der Waals surface area contributed by atoms with Gasteiger partial charge in [-0.25, -0.2) is 0 Å². The van der Waals surface area contributed by atoms with Crippen molar-refractivity contribution in [2.45, 2.75) is 47.5 Å². The second-order valence-electron chi connectivity index (χ2n) is 7.36. The van der Waals surface area contributed by atoms with E-state index in [1.165, 1.54) is 0 Å². The maximum absolute atomic E-state index is 5.63. The number of ether oxygens (including phenoxy) is 4. The molecule has 0 fully saturated rings. The monoisotopic (exact) mass is 390 g/mol. The van der Waals surface area contributed by atoms with Crippen molar-refractivity contribution in [1.29, 1.82) is 0 Å². The van der Waals surface area contributed by atoms with Gasteiger partial charge >= 0.3 is 0 Å². The highest BCUT2D eigenvalue weighted by Crippen LogP contribution is 2.20. The van der Waals surface area contributed by atoms with Gasteiger partial charge in [0, 0.05) is 6.61 Å². The van der Waals surface area contributed by atoms with Crippen molar-refractivity contribution in [1.82, 2.24) is 0 Å². The molecule has 0 spiro atoms. The van der Waals surface area contributed by atoms with E-state index >= 15 is 0 Å². The van der Waals surface area contributed by atoms with Crippen LogP contribution in [0.2, 0.25) is 0 Å². The Morgan fingerprint density at radius 3 is 2.04 bits per heavy atom. The van der Waals surface area contributed by atoms with E-state index in [0.29, 0.717) is 32.3 Å². The van der Waals surface area contributed by atoms with Crippen molar-refractivity contribution in [3.05, 3.63) is 47.9 Å². The summed E-state index contributed by atoms with van der Waals surface area (Å²) in [5.74, 6) is 0.523. The highest BCUT2D eigenvalue weighted by Gasteiger charge is 2.02. The van der Waals surface area contributed by atoms with Crippen LogP contribution in [-0.2, 0) is 18.9 Å². The Bertz CT molecular complexity index is 590. The molecule has 4 heteroatoms. The van der Waals surface area contributed by atoms with Crippen LogP contribution in [0.3, 0.4) is 0 Å².